The number of aromatic hydroxyl groups is 1. The number of imide groups is 1. The van der Waals surface area contributed by atoms with E-state index in [1.54, 1.807) is 18.2 Å². The smallest absolute Gasteiger partial charge is 0.293 e. The highest BCUT2D eigenvalue weighted by atomic mass is 32.2. The zero-order valence-electron chi connectivity index (χ0n) is 16.4. The summed E-state index contributed by atoms with van der Waals surface area (Å²) < 4.78 is 10.3. The van der Waals surface area contributed by atoms with Gasteiger partial charge < -0.3 is 14.6 Å². The third-order valence-corrected chi connectivity index (χ3v) is 5.79. The lowest BCUT2D eigenvalue weighted by molar-refractivity contribution is -0.123. The van der Waals surface area contributed by atoms with Crippen molar-refractivity contribution >= 4 is 39.8 Å². The Hall–Kier alpha value is -3.45. The van der Waals surface area contributed by atoms with Crippen LogP contribution in [-0.2, 0) is 11.3 Å². The summed E-state index contributed by atoms with van der Waals surface area (Å²) >= 11 is 0.887. The quantitative estimate of drug-likeness (QED) is 0.597. The fourth-order valence-electron chi connectivity index (χ4n) is 3.39. The van der Waals surface area contributed by atoms with Crippen molar-refractivity contribution in [2.75, 3.05) is 14.2 Å². The van der Waals surface area contributed by atoms with Crippen LogP contribution < -0.4 is 9.47 Å². The van der Waals surface area contributed by atoms with Gasteiger partial charge in [-0.1, -0.05) is 42.5 Å². The first-order valence-corrected chi connectivity index (χ1v) is 10.0. The highest BCUT2D eigenvalue weighted by Gasteiger charge is 2.35. The van der Waals surface area contributed by atoms with Crippen LogP contribution in [0.25, 0.3) is 16.8 Å². The minimum absolute atomic E-state index is 0.124. The van der Waals surface area contributed by atoms with E-state index in [-0.39, 0.29) is 34.9 Å². The molecular formula is C23H19NO5S. The molecule has 30 heavy (non-hydrogen) atoms. The highest BCUT2D eigenvalue weighted by molar-refractivity contribution is 8.18. The van der Waals surface area contributed by atoms with Gasteiger partial charge in [-0.25, -0.2) is 0 Å². The van der Waals surface area contributed by atoms with E-state index in [4.69, 9.17) is 9.47 Å². The van der Waals surface area contributed by atoms with Crippen molar-refractivity contribution in [2.24, 2.45) is 0 Å². The minimum Gasteiger partial charge on any atom is -0.502 e. The summed E-state index contributed by atoms with van der Waals surface area (Å²) in [7, 11) is 2.85. The number of amides is 2. The molecule has 7 heteroatoms. The summed E-state index contributed by atoms with van der Waals surface area (Å²) in [6, 6.07) is 16.9. The number of ether oxygens (including phenoxy) is 2. The molecule has 1 saturated heterocycles. The number of benzene rings is 3. The van der Waals surface area contributed by atoms with Crippen LogP contribution in [0, 0.1) is 0 Å². The minimum atomic E-state index is -0.357. The maximum atomic E-state index is 12.9. The lowest BCUT2D eigenvalue weighted by atomic mass is 10.0. The van der Waals surface area contributed by atoms with Crippen molar-refractivity contribution in [3.8, 4) is 17.2 Å². The average molecular weight is 421 g/mol. The Bertz CT molecular complexity index is 1160. The summed E-state index contributed by atoms with van der Waals surface area (Å²) in [6.07, 6.45) is 1.60. The third kappa shape index (κ3) is 3.59. The monoisotopic (exact) mass is 421 g/mol. The Kier molecular flexibility index (Phi) is 5.37. The summed E-state index contributed by atoms with van der Waals surface area (Å²) in [6.45, 7) is 0.200. The van der Waals surface area contributed by atoms with Gasteiger partial charge in [0.15, 0.2) is 11.5 Å². The van der Waals surface area contributed by atoms with Gasteiger partial charge in [-0.2, -0.15) is 0 Å². The molecule has 1 heterocycles. The molecule has 0 aromatic heterocycles. The van der Waals surface area contributed by atoms with E-state index in [1.165, 1.54) is 19.1 Å². The number of nitrogens with zero attached hydrogens (tertiary/aromatic N) is 1. The zero-order chi connectivity index (χ0) is 21.3. The van der Waals surface area contributed by atoms with Crippen molar-refractivity contribution in [3.63, 3.8) is 0 Å². The number of carbonyl (C=O) groups excluding carboxylic acids is 2. The van der Waals surface area contributed by atoms with Crippen LogP contribution in [-0.4, -0.2) is 35.4 Å². The summed E-state index contributed by atoms with van der Waals surface area (Å²) in [5.74, 6) is -0.0451. The fourth-order valence-corrected chi connectivity index (χ4v) is 4.22. The number of phenols is 1. The Morgan fingerprint density at radius 3 is 2.37 bits per heavy atom. The number of methoxy groups -OCH3 is 2. The van der Waals surface area contributed by atoms with Crippen LogP contribution in [0.3, 0.4) is 0 Å². The molecule has 0 unspecified atom stereocenters. The SMILES string of the molecule is COc1cc(/C=C2/SC(=O)N(Cc3cccc4ccccc34)C2=O)cc(OC)c1O. The number of hydrogen-bond donors (Lipinski definition) is 1. The van der Waals surface area contributed by atoms with Crippen molar-refractivity contribution in [1.82, 2.24) is 4.90 Å². The Morgan fingerprint density at radius 2 is 1.67 bits per heavy atom. The molecule has 0 atom stereocenters. The molecule has 2 amide bonds. The number of phenolic OH excluding ortho intramolecular Hbond substituents is 1. The molecule has 1 aliphatic rings. The molecule has 0 bridgehead atoms. The van der Waals surface area contributed by atoms with Gasteiger partial charge in [0.25, 0.3) is 11.1 Å². The highest BCUT2D eigenvalue weighted by Crippen LogP contribution is 2.39. The third-order valence-electron chi connectivity index (χ3n) is 4.88. The van der Waals surface area contributed by atoms with E-state index < -0.39 is 0 Å². The van der Waals surface area contributed by atoms with Crippen LogP contribution in [0.5, 0.6) is 17.2 Å². The second kappa shape index (κ2) is 8.12. The second-order valence-electron chi connectivity index (χ2n) is 6.68. The Balaban J connectivity index is 1.65. The molecule has 3 aromatic rings. The zero-order valence-corrected chi connectivity index (χ0v) is 17.2. The molecule has 0 radical (unpaired) electrons. The van der Waals surface area contributed by atoms with Crippen molar-refractivity contribution in [3.05, 3.63) is 70.6 Å². The lowest BCUT2D eigenvalue weighted by Gasteiger charge is -2.14. The van der Waals surface area contributed by atoms with Gasteiger partial charge in [0, 0.05) is 0 Å². The van der Waals surface area contributed by atoms with E-state index >= 15 is 0 Å². The first-order valence-electron chi connectivity index (χ1n) is 9.19. The number of carbonyl (C=O) groups is 2. The molecular weight excluding hydrogens is 402 g/mol. The maximum Gasteiger partial charge on any atom is 0.293 e. The van der Waals surface area contributed by atoms with Crippen LogP contribution in [0.4, 0.5) is 4.79 Å². The maximum absolute atomic E-state index is 12.9. The Labute approximate surface area is 177 Å². The molecule has 3 aromatic carbocycles. The molecule has 6 nitrogen and oxygen atoms in total. The van der Waals surface area contributed by atoms with Gasteiger partial charge in [-0.15, -0.1) is 0 Å². The molecule has 0 spiro atoms. The molecule has 0 aliphatic carbocycles. The molecule has 152 valence electrons. The van der Waals surface area contributed by atoms with E-state index in [1.807, 2.05) is 42.5 Å². The van der Waals surface area contributed by atoms with Crippen molar-refractivity contribution in [1.29, 1.82) is 0 Å². The van der Waals surface area contributed by atoms with Crippen LogP contribution in [0.1, 0.15) is 11.1 Å². The predicted octanol–water partition coefficient (Wildman–Crippen LogP) is 4.80. The number of thioether (sulfide) groups is 1. The topological polar surface area (TPSA) is 76.1 Å². The van der Waals surface area contributed by atoms with Crippen LogP contribution >= 0.6 is 11.8 Å². The van der Waals surface area contributed by atoms with E-state index in [2.05, 4.69) is 0 Å². The molecule has 1 aliphatic heterocycles. The van der Waals surface area contributed by atoms with Gasteiger partial charge in [-0.3, -0.25) is 14.5 Å². The van der Waals surface area contributed by atoms with Gasteiger partial charge >= 0.3 is 0 Å². The summed E-state index contributed by atoms with van der Waals surface area (Å²) in [5, 5.41) is 11.8. The fraction of sp³-hybridized carbons (Fsp3) is 0.130. The standard InChI is InChI=1S/C23H19NO5S/c1-28-18-10-14(11-19(29-2)21(18)25)12-20-22(26)24(23(27)30-20)13-16-8-5-7-15-6-3-4-9-17(15)16/h3-12,25H,13H2,1-2H3/b20-12+. The summed E-state index contributed by atoms with van der Waals surface area (Å²) in [5.41, 5.74) is 1.49. The molecule has 1 N–H and O–H groups in total. The number of rotatable bonds is 5. The van der Waals surface area contributed by atoms with Gasteiger partial charge in [0.2, 0.25) is 5.75 Å². The molecule has 1 fully saturated rings. The van der Waals surface area contributed by atoms with Gasteiger partial charge in [0.1, 0.15) is 0 Å². The van der Waals surface area contributed by atoms with Crippen LogP contribution in [0.15, 0.2) is 59.5 Å². The van der Waals surface area contributed by atoms with Crippen molar-refractivity contribution in [2.45, 2.75) is 6.54 Å². The van der Waals surface area contributed by atoms with Crippen LogP contribution in [0.2, 0.25) is 0 Å². The Morgan fingerprint density at radius 1 is 1.00 bits per heavy atom. The number of hydrogen-bond acceptors (Lipinski definition) is 6. The predicted molar refractivity (Wildman–Crippen MR) is 117 cm³/mol. The van der Waals surface area contributed by atoms with Gasteiger partial charge in [-0.05, 0) is 51.9 Å². The normalized spacial score (nSPS) is 15.3. The van der Waals surface area contributed by atoms with Gasteiger partial charge in [0.05, 0.1) is 25.7 Å². The van der Waals surface area contributed by atoms with Crippen molar-refractivity contribution < 1.29 is 24.2 Å². The lowest BCUT2D eigenvalue weighted by Crippen LogP contribution is -2.27. The first-order chi connectivity index (χ1) is 14.5. The molecule has 0 saturated carbocycles. The summed E-state index contributed by atoms with van der Waals surface area (Å²) in [4.78, 5) is 27.0. The molecule has 4 rings (SSSR count). The van der Waals surface area contributed by atoms with E-state index in [0.29, 0.717) is 10.5 Å². The van der Waals surface area contributed by atoms with E-state index in [9.17, 15) is 14.7 Å². The van der Waals surface area contributed by atoms with E-state index in [0.717, 1.165) is 28.1 Å². The first kappa shape index (κ1) is 19.8. The second-order valence-corrected chi connectivity index (χ2v) is 7.67. The largest absolute Gasteiger partial charge is 0.502 e. The number of fused-ring (bicyclic) bond motifs is 1. The average Bonchev–Trinajstić information content (AvgIpc) is 3.02.